The normalized spacial score (nSPS) is 18.8. The summed E-state index contributed by atoms with van der Waals surface area (Å²) in [5.41, 5.74) is 2.33. The molecule has 350 valence electrons. The highest BCUT2D eigenvalue weighted by molar-refractivity contribution is 7.91. The van der Waals surface area contributed by atoms with Gasteiger partial charge in [-0.3, -0.25) is 9.59 Å². The van der Waals surface area contributed by atoms with Crippen LogP contribution in [-0.2, 0) is 41.9 Å². The molecular formula is C46H59F2N9O6S2. The number of aromatic nitrogens is 5. The lowest BCUT2D eigenvalue weighted by Gasteiger charge is -2.39. The number of likely N-dealkylation sites (N-methyl/N-ethyl adjacent to an activating group) is 1. The van der Waals surface area contributed by atoms with Crippen molar-refractivity contribution >= 4 is 38.4 Å². The van der Waals surface area contributed by atoms with Crippen LogP contribution < -0.4 is 10.2 Å². The lowest BCUT2D eigenvalue weighted by Crippen LogP contribution is -2.48. The number of nitrogens with one attached hydrogen (secondary N) is 1. The lowest BCUT2D eigenvalue weighted by atomic mass is 9.75. The second kappa shape index (κ2) is 20.6. The van der Waals surface area contributed by atoms with E-state index in [2.05, 4.69) is 41.7 Å². The third-order valence-corrected chi connectivity index (χ3v) is 16.8. The zero-order valence-electron chi connectivity index (χ0n) is 37.7. The number of nitrogens with zero attached hydrogens (tertiary/aromatic N) is 8. The maximum Gasteiger partial charge on any atom is 0.312 e. The average molecular weight is 936 g/mol. The number of thiazole rings is 1. The van der Waals surface area contributed by atoms with Gasteiger partial charge in [-0.25, -0.2) is 32.2 Å². The number of hydrogen-bond acceptors (Lipinski definition) is 13. The van der Waals surface area contributed by atoms with E-state index in [1.165, 1.54) is 60.3 Å². The van der Waals surface area contributed by atoms with Gasteiger partial charge in [-0.05, 0) is 95.1 Å². The second-order valence-corrected chi connectivity index (χ2v) is 20.5. The van der Waals surface area contributed by atoms with E-state index < -0.39 is 20.9 Å². The maximum atomic E-state index is 13.5. The first kappa shape index (κ1) is 47.9. The standard InChI is InChI=1S/C27H35FN6O4S2.C19H24FN3O2/c1-20(21-4-6-22(28)7-5-21)34-19-29-17-23(34)16-27(25(35)38-3)8-10-33(11-9-27)40(36,37)24-18-30-26(39-24)32-14-12-31(2)13-15-32;1-14(15-3-5-16(20)6-4-15)23-13-22-12-17(23)11-19(18(24)25-2)7-9-21-10-8-19/h4-7,17-20H,8-16H2,1-3H3;3-6,12-14,21H,7-11H2,1-2H3/t20-;14-/m11/s1. The summed E-state index contributed by atoms with van der Waals surface area (Å²) in [7, 11) is 1.14. The molecule has 0 aliphatic carbocycles. The van der Waals surface area contributed by atoms with E-state index in [1.807, 2.05) is 24.6 Å². The number of methoxy groups -OCH3 is 2. The van der Waals surface area contributed by atoms with Crippen LogP contribution in [0.4, 0.5) is 13.9 Å². The average Bonchev–Trinajstić information content (AvgIpc) is 4.12. The molecule has 5 aromatic rings. The SMILES string of the molecule is COC(=O)C1(Cc2cncn2[C@H](C)c2ccc(F)cc2)CCN(S(=O)(=O)c2cnc(N3CCN(C)CC3)s2)CC1.COC(=O)C1(Cc2cncn2[C@H](C)c2ccc(F)cc2)CCNCC1. The summed E-state index contributed by atoms with van der Waals surface area (Å²) in [6.45, 7) is 9.47. The van der Waals surface area contributed by atoms with E-state index in [4.69, 9.17) is 9.47 Å². The Labute approximate surface area is 383 Å². The van der Waals surface area contributed by atoms with Crippen molar-refractivity contribution in [2.24, 2.45) is 10.8 Å². The number of hydrogen-bond donors (Lipinski definition) is 1. The molecule has 6 heterocycles. The molecule has 2 aromatic carbocycles. The molecule has 0 saturated carbocycles. The van der Waals surface area contributed by atoms with Crippen molar-refractivity contribution in [2.45, 2.75) is 68.7 Å². The number of carbonyl (C=O) groups excluding carboxylic acids is 2. The minimum absolute atomic E-state index is 0.00881. The topological polar surface area (TPSA) is 157 Å². The van der Waals surface area contributed by atoms with Gasteiger partial charge >= 0.3 is 11.9 Å². The van der Waals surface area contributed by atoms with E-state index in [-0.39, 0.29) is 53.0 Å². The molecular weight excluding hydrogens is 877 g/mol. The van der Waals surface area contributed by atoms with Crippen LogP contribution >= 0.6 is 11.3 Å². The Morgan fingerprint density at radius 1 is 0.723 bits per heavy atom. The van der Waals surface area contributed by atoms with Crippen molar-refractivity contribution in [3.8, 4) is 0 Å². The molecule has 0 spiro atoms. The number of rotatable bonds is 13. The molecule has 3 aliphatic heterocycles. The summed E-state index contributed by atoms with van der Waals surface area (Å²) in [6.07, 6.45) is 11.5. The van der Waals surface area contributed by atoms with Crippen LogP contribution in [0.25, 0.3) is 0 Å². The molecule has 0 amide bonds. The summed E-state index contributed by atoms with van der Waals surface area (Å²) >= 11 is 1.20. The highest BCUT2D eigenvalue weighted by Gasteiger charge is 2.46. The first-order valence-corrected chi connectivity index (χ1v) is 24.2. The fraction of sp³-hybridized carbons (Fsp3) is 0.500. The van der Waals surface area contributed by atoms with Crippen LogP contribution in [0.1, 0.15) is 74.1 Å². The van der Waals surface area contributed by atoms with Gasteiger partial charge in [0.1, 0.15) is 11.6 Å². The maximum absolute atomic E-state index is 13.5. The van der Waals surface area contributed by atoms with Gasteiger partial charge < -0.3 is 33.7 Å². The Kier molecular flexibility index (Phi) is 15.2. The van der Waals surface area contributed by atoms with Gasteiger partial charge in [-0.15, -0.1) is 0 Å². The molecule has 1 N–H and O–H groups in total. The van der Waals surface area contributed by atoms with Gasteiger partial charge in [-0.1, -0.05) is 35.6 Å². The molecule has 15 nitrogen and oxygen atoms in total. The number of carbonyl (C=O) groups is 2. The van der Waals surface area contributed by atoms with Crippen LogP contribution in [0.15, 0.2) is 84.0 Å². The number of esters is 2. The second-order valence-electron chi connectivity index (χ2n) is 17.3. The Morgan fingerprint density at radius 2 is 1.18 bits per heavy atom. The zero-order chi connectivity index (χ0) is 46.4. The number of halogens is 2. The van der Waals surface area contributed by atoms with Gasteiger partial charge in [0.15, 0.2) is 9.34 Å². The molecule has 8 rings (SSSR count). The monoisotopic (exact) mass is 935 g/mol. The number of anilines is 1. The molecule has 2 atom stereocenters. The van der Waals surface area contributed by atoms with E-state index in [1.54, 1.807) is 43.1 Å². The van der Waals surface area contributed by atoms with E-state index >= 15 is 0 Å². The van der Waals surface area contributed by atoms with Crippen LogP contribution in [0.5, 0.6) is 0 Å². The third-order valence-electron chi connectivity index (χ3n) is 13.4. The minimum atomic E-state index is -3.74. The van der Waals surface area contributed by atoms with Gasteiger partial charge in [0.05, 0.1) is 56.0 Å². The summed E-state index contributed by atoms with van der Waals surface area (Å²) in [5, 5.41) is 4.02. The Hall–Kier alpha value is -5.08. The molecule has 3 fully saturated rings. The first-order valence-electron chi connectivity index (χ1n) is 22.0. The number of benzene rings is 2. The summed E-state index contributed by atoms with van der Waals surface area (Å²) in [4.78, 5) is 43.0. The zero-order valence-corrected chi connectivity index (χ0v) is 39.3. The van der Waals surface area contributed by atoms with E-state index in [0.717, 1.165) is 79.8 Å². The third kappa shape index (κ3) is 10.6. The summed E-state index contributed by atoms with van der Waals surface area (Å²) < 4.78 is 69.7. The Morgan fingerprint density at radius 3 is 1.65 bits per heavy atom. The highest BCUT2D eigenvalue weighted by atomic mass is 32.2. The van der Waals surface area contributed by atoms with Crippen molar-refractivity contribution in [1.82, 2.24) is 38.6 Å². The predicted molar refractivity (Wildman–Crippen MR) is 243 cm³/mol. The van der Waals surface area contributed by atoms with E-state index in [9.17, 15) is 26.8 Å². The lowest BCUT2D eigenvalue weighted by molar-refractivity contribution is -0.155. The number of piperidine rings is 2. The van der Waals surface area contributed by atoms with Crippen LogP contribution in [0.3, 0.4) is 0 Å². The van der Waals surface area contributed by atoms with Gasteiger partial charge in [0, 0.05) is 75.9 Å². The highest BCUT2D eigenvalue weighted by Crippen LogP contribution is 2.40. The van der Waals surface area contributed by atoms with Crippen molar-refractivity contribution in [2.75, 3.05) is 78.5 Å². The van der Waals surface area contributed by atoms with Gasteiger partial charge in [0.2, 0.25) is 0 Å². The first-order chi connectivity index (χ1) is 31.2. The van der Waals surface area contributed by atoms with Crippen molar-refractivity contribution in [1.29, 1.82) is 0 Å². The van der Waals surface area contributed by atoms with Crippen molar-refractivity contribution in [3.05, 3.63) is 114 Å². The molecule has 0 radical (unpaired) electrons. The number of imidazole rings is 2. The number of piperazine rings is 1. The molecule has 0 unspecified atom stereocenters. The number of sulfonamides is 1. The number of ether oxygens (including phenoxy) is 2. The van der Waals surface area contributed by atoms with Crippen molar-refractivity contribution < 1.29 is 36.3 Å². The van der Waals surface area contributed by atoms with Gasteiger partial charge in [-0.2, -0.15) is 4.31 Å². The smallest absolute Gasteiger partial charge is 0.312 e. The fourth-order valence-electron chi connectivity index (χ4n) is 9.17. The van der Waals surface area contributed by atoms with Crippen molar-refractivity contribution in [3.63, 3.8) is 0 Å². The van der Waals surface area contributed by atoms with E-state index in [0.29, 0.717) is 25.7 Å². The Bertz CT molecular complexity index is 2470. The molecule has 0 bridgehead atoms. The molecule has 3 aromatic heterocycles. The molecule has 65 heavy (non-hydrogen) atoms. The predicted octanol–water partition coefficient (Wildman–Crippen LogP) is 5.74. The quantitative estimate of drug-likeness (QED) is 0.143. The van der Waals surface area contributed by atoms with Crippen LogP contribution in [0.2, 0.25) is 0 Å². The summed E-state index contributed by atoms with van der Waals surface area (Å²) in [5.74, 6) is -1.07. The summed E-state index contributed by atoms with van der Waals surface area (Å²) in [6, 6.07) is 12.7. The fourth-order valence-corrected chi connectivity index (χ4v) is 11.9. The van der Waals surface area contributed by atoms with Gasteiger partial charge in [0.25, 0.3) is 10.0 Å². The molecule has 3 saturated heterocycles. The minimum Gasteiger partial charge on any atom is -0.469 e. The largest absolute Gasteiger partial charge is 0.469 e. The Balaban J connectivity index is 0.000000216. The molecule has 3 aliphatic rings. The molecule has 19 heteroatoms. The van der Waals surface area contributed by atoms with Crippen LogP contribution in [0, 0.1) is 22.5 Å². The van der Waals surface area contributed by atoms with Crippen LogP contribution in [-0.4, -0.2) is 127 Å².